The van der Waals surface area contributed by atoms with E-state index in [1.807, 2.05) is 31.2 Å². The van der Waals surface area contributed by atoms with Gasteiger partial charge < -0.3 is 5.11 Å². The van der Waals surface area contributed by atoms with Crippen LogP contribution in [0.4, 0.5) is 4.39 Å². The minimum Gasteiger partial charge on any atom is -0.396 e. The van der Waals surface area contributed by atoms with Crippen molar-refractivity contribution < 1.29 is 9.50 Å². The van der Waals surface area contributed by atoms with E-state index in [2.05, 4.69) is 0 Å². The summed E-state index contributed by atoms with van der Waals surface area (Å²) in [6, 6.07) is 12.8. The first-order valence-corrected chi connectivity index (χ1v) is 7.07. The van der Waals surface area contributed by atoms with Crippen LogP contribution in [0.5, 0.6) is 0 Å². The first kappa shape index (κ1) is 15.0. The van der Waals surface area contributed by atoms with Gasteiger partial charge in [0.1, 0.15) is 5.82 Å². The first-order valence-electron chi connectivity index (χ1n) is 6.69. The van der Waals surface area contributed by atoms with Gasteiger partial charge in [0.2, 0.25) is 0 Å². The van der Waals surface area contributed by atoms with Crippen molar-refractivity contribution in [3.05, 3.63) is 70.0 Å². The Morgan fingerprint density at radius 2 is 1.80 bits per heavy atom. The van der Waals surface area contributed by atoms with Crippen LogP contribution in [-0.2, 0) is 12.8 Å². The number of benzene rings is 2. The van der Waals surface area contributed by atoms with Crippen LogP contribution in [0.1, 0.15) is 16.7 Å². The van der Waals surface area contributed by atoms with E-state index < -0.39 is 0 Å². The largest absolute Gasteiger partial charge is 0.396 e. The van der Waals surface area contributed by atoms with Gasteiger partial charge in [-0.3, -0.25) is 0 Å². The molecule has 0 fully saturated rings. The second kappa shape index (κ2) is 6.87. The Morgan fingerprint density at radius 1 is 1.10 bits per heavy atom. The van der Waals surface area contributed by atoms with Crippen molar-refractivity contribution in [3.8, 4) is 0 Å². The maximum atomic E-state index is 13.8. The Bertz CT molecular complexity index is 545. The molecule has 1 N–H and O–H groups in total. The molecule has 2 aromatic rings. The molecule has 0 amide bonds. The molecule has 0 bridgehead atoms. The van der Waals surface area contributed by atoms with E-state index in [0.717, 1.165) is 5.56 Å². The molecular formula is C17H18ClFO. The average Bonchev–Trinajstić information content (AvgIpc) is 2.44. The molecule has 0 aliphatic heterocycles. The molecule has 0 radical (unpaired) electrons. The smallest absolute Gasteiger partial charge is 0.127 e. The predicted octanol–water partition coefficient (Wildman–Crippen LogP) is 4.18. The van der Waals surface area contributed by atoms with Crippen LogP contribution in [-0.4, -0.2) is 11.7 Å². The quantitative estimate of drug-likeness (QED) is 0.876. The lowest BCUT2D eigenvalue weighted by molar-refractivity contribution is 0.224. The lowest BCUT2D eigenvalue weighted by atomic mass is 9.92. The van der Waals surface area contributed by atoms with Crippen molar-refractivity contribution in [2.75, 3.05) is 6.61 Å². The summed E-state index contributed by atoms with van der Waals surface area (Å²) in [5.74, 6) is -0.341. The molecule has 1 atom stereocenters. The first-order chi connectivity index (χ1) is 9.60. The Hall–Kier alpha value is -1.38. The fourth-order valence-corrected chi connectivity index (χ4v) is 2.51. The fourth-order valence-electron chi connectivity index (χ4n) is 2.27. The van der Waals surface area contributed by atoms with Crippen LogP contribution >= 0.6 is 11.6 Å². The molecule has 1 unspecified atom stereocenters. The summed E-state index contributed by atoms with van der Waals surface area (Å²) in [5, 5.41) is 9.94. The van der Waals surface area contributed by atoms with E-state index >= 15 is 0 Å². The Kier molecular flexibility index (Phi) is 5.16. The fraction of sp³-hybridized carbons (Fsp3) is 0.294. The van der Waals surface area contributed by atoms with E-state index in [1.165, 1.54) is 11.6 Å². The van der Waals surface area contributed by atoms with Crippen molar-refractivity contribution in [2.24, 2.45) is 5.92 Å². The highest BCUT2D eigenvalue weighted by Gasteiger charge is 2.15. The normalized spacial score (nSPS) is 12.4. The van der Waals surface area contributed by atoms with E-state index in [1.54, 1.807) is 12.1 Å². The van der Waals surface area contributed by atoms with Gasteiger partial charge in [-0.25, -0.2) is 4.39 Å². The predicted molar refractivity (Wildman–Crippen MR) is 80.6 cm³/mol. The number of aryl methyl sites for hydroxylation is 1. The maximum absolute atomic E-state index is 13.8. The molecule has 0 aliphatic rings. The topological polar surface area (TPSA) is 20.2 Å². The van der Waals surface area contributed by atoms with E-state index in [9.17, 15) is 9.50 Å². The SMILES string of the molecule is Cc1ccc(CC(CO)Cc2c(F)cccc2Cl)cc1. The lowest BCUT2D eigenvalue weighted by Gasteiger charge is -2.16. The lowest BCUT2D eigenvalue weighted by Crippen LogP contribution is -2.14. The molecule has 0 aromatic heterocycles. The summed E-state index contributed by atoms with van der Waals surface area (Å²) >= 11 is 6.03. The molecule has 0 saturated heterocycles. The zero-order valence-electron chi connectivity index (χ0n) is 11.4. The third-order valence-corrected chi connectivity index (χ3v) is 3.81. The molecule has 1 nitrogen and oxygen atoms in total. The number of aliphatic hydroxyl groups is 1. The summed E-state index contributed by atoms with van der Waals surface area (Å²) in [6.07, 6.45) is 1.15. The Labute approximate surface area is 124 Å². The van der Waals surface area contributed by atoms with Crippen LogP contribution in [0.25, 0.3) is 0 Å². The number of hydrogen-bond donors (Lipinski definition) is 1. The summed E-state index contributed by atoms with van der Waals surface area (Å²) in [4.78, 5) is 0. The van der Waals surface area contributed by atoms with Gasteiger partial charge >= 0.3 is 0 Å². The monoisotopic (exact) mass is 292 g/mol. The Balaban J connectivity index is 2.11. The van der Waals surface area contributed by atoms with Gasteiger partial charge in [0, 0.05) is 17.2 Å². The number of rotatable bonds is 5. The van der Waals surface area contributed by atoms with Crippen LogP contribution in [0.3, 0.4) is 0 Å². The number of aliphatic hydroxyl groups excluding tert-OH is 1. The third-order valence-electron chi connectivity index (χ3n) is 3.46. The van der Waals surface area contributed by atoms with Crippen molar-refractivity contribution in [1.82, 2.24) is 0 Å². The molecule has 2 aromatic carbocycles. The summed E-state index contributed by atoms with van der Waals surface area (Å²) < 4.78 is 13.8. The minimum absolute atomic E-state index is 0.0124. The van der Waals surface area contributed by atoms with Crippen LogP contribution in [0.2, 0.25) is 5.02 Å². The standard InChI is InChI=1S/C17H18ClFO/c1-12-5-7-13(8-6-12)9-14(11-20)10-15-16(18)3-2-4-17(15)19/h2-8,14,20H,9-11H2,1H3. The molecule has 0 heterocycles. The van der Waals surface area contributed by atoms with Gasteiger partial charge in [0.15, 0.2) is 0 Å². The number of halogens is 2. The summed E-state index contributed by atoms with van der Waals surface area (Å²) in [6.45, 7) is 2.05. The van der Waals surface area contributed by atoms with Crippen molar-refractivity contribution in [2.45, 2.75) is 19.8 Å². The summed E-state index contributed by atoms with van der Waals surface area (Å²) in [7, 11) is 0. The number of hydrogen-bond acceptors (Lipinski definition) is 1. The van der Waals surface area contributed by atoms with Crippen LogP contribution in [0.15, 0.2) is 42.5 Å². The highest BCUT2D eigenvalue weighted by molar-refractivity contribution is 6.31. The highest BCUT2D eigenvalue weighted by atomic mass is 35.5. The van der Waals surface area contributed by atoms with Gasteiger partial charge in [0.05, 0.1) is 0 Å². The van der Waals surface area contributed by atoms with Gasteiger partial charge in [-0.2, -0.15) is 0 Å². The van der Waals surface area contributed by atoms with Gasteiger partial charge in [-0.15, -0.1) is 0 Å². The van der Waals surface area contributed by atoms with Crippen molar-refractivity contribution in [3.63, 3.8) is 0 Å². The maximum Gasteiger partial charge on any atom is 0.127 e. The van der Waals surface area contributed by atoms with E-state index in [-0.39, 0.29) is 18.3 Å². The van der Waals surface area contributed by atoms with Gasteiger partial charge in [-0.1, -0.05) is 47.5 Å². The second-order valence-corrected chi connectivity index (χ2v) is 5.55. The third kappa shape index (κ3) is 3.81. The van der Waals surface area contributed by atoms with E-state index in [4.69, 9.17) is 11.6 Å². The van der Waals surface area contributed by atoms with E-state index in [0.29, 0.717) is 23.4 Å². The molecule has 106 valence electrons. The molecule has 3 heteroatoms. The molecule has 20 heavy (non-hydrogen) atoms. The van der Waals surface area contributed by atoms with Gasteiger partial charge in [-0.05, 0) is 43.4 Å². The van der Waals surface area contributed by atoms with Crippen LogP contribution in [0, 0.1) is 18.7 Å². The average molecular weight is 293 g/mol. The molecule has 0 aliphatic carbocycles. The molecule has 0 saturated carbocycles. The van der Waals surface area contributed by atoms with Crippen molar-refractivity contribution >= 4 is 11.6 Å². The molecular weight excluding hydrogens is 275 g/mol. The Morgan fingerprint density at radius 3 is 2.40 bits per heavy atom. The molecule has 0 spiro atoms. The zero-order chi connectivity index (χ0) is 14.5. The van der Waals surface area contributed by atoms with Crippen molar-refractivity contribution in [1.29, 1.82) is 0 Å². The second-order valence-electron chi connectivity index (χ2n) is 5.14. The zero-order valence-corrected chi connectivity index (χ0v) is 12.2. The summed E-state index contributed by atoms with van der Waals surface area (Å²) in [5.41, 5.74) is 2.83. The minimum atomic E-state index is -0.306. The van der Waals surface area contributed by atoms with Gasteiger partial charge in [0.25, 0.3) is 0 Å². The highest BCUT2D eigenvalue weighted by Crippen LogP contribution is 2.24. The van der Waals surface area contributed by atoms with Crippen LogP contribution < -0.4 is 0 Å². The molecule has 2 rings (SSSR count).